The number of benzene rings is 1. The van der Waals surface area contributed by atoms with Crippen LogP contribution in [0.2, 0.25) is 0 Å². The standard InChI is InChI=1S/C23H36N2O8S/c1-21(2,3)31-18(26)16-12-10-15(11-13-16)14-17(19(27)32-22(4,5)6)24-34(29,30)25-20(28)33-23(7,8)9/h10-13,17,24H,14H2,1-9H3,(H,25,28)/t17-/m0/s1. The van der Waals surface area contributed by atoms with Crippen molar-refractivity contribution >= 4 is 28.2 Å². The molecule has 0 aliphatic heterocycles. The maximum absolute atomic E-state index is 12.7. The molecular formula is C23H36N2O8S. The van der Waals surface area contributed by atoms with Gasteiger partial charge in [-0.05, 0) is 86.4 Å². The molecule has 0 radical (unpaired) electrons. The minimum absolute atomic E-state index is 0.0985. The van der Waals surface area contributed by atoms with Crippen molar-refractivity contribution in [3.63, 3.8) is 0 Å². The van der Waals surface area contributed by atoms with E-state index in [1.807, 2.05) is 0 Å². The van der Waals surface area contributed by atoms with Crippen LogP contribution in [0.3, 0.4) is 0 Å². The Kier molecular flexibility index (Phi) is 9.27. The van der Waals surface area contributed by atoms with Gasteiger partial charge in [-0.15, -0.1) is 0 Å². The smallest absolute Gasteiger partial charge is 0.422 e. The van der Waals surface area contributed by atoms with E-state index in [9.17, 15) is 22.8 Å². The number of carbonyl (C=O) groups is 3. The molecule has 2 N–H and O–H groups in total. The summed E-state index contributed by atoms with van der Waals surface area (Å²) < 4.78 is 44.4. The van der Waals surface area contributed by atoms with Crippen LogP contribution in [-0.4, -0.2) is 49.3 Å². The normalized spacial score (nSPS) is 13.6. The van der Waals surface area contributed by atoms with Crippen LogP contribution in [0, 0.1) is 0 Å². The average Bonchev–Trinajstić information content (AvgIpc) is 2.56. The quantitative estimate of drug-likeness (QED) is 0.430. The molecule has 1 aromatic carbocycles. The third kappa shape index (κ3) is 12.0. The van der Waals surface area contributed by atoms with Crippen molar-refractivity contribution in [3.05, 3.63) is 35.4 Å². The second kappa shape index (κ2) is 10.7. The summed E-state index contributed by atoms with van der Waals surface area (Å²) in [7, 11) is -4.46. The van der Waals surface area contributed by atoms with Gasteiger partial charge in [0.25, 0.3) is 0 Å². The molecule has 34 heavy (non-hydrogen) atoms. The largest absolute Gasteiger partial charge is 0.459 e. The number of nitrogens with one attached hydrogen (secondary N) is 2. The van der Waals surface area contributed by atoms with Crippen molar-refractivity contribution < 1.29 is 37.0 Å². The Hall–Kier alpha value is -2.66. The molecule has 0 bridgehead atoms. The summed E-state index contributed by atoms with van der Waals surface area (Å²) in [5, 5.41) is 0. The minimum atomic E-state index is -4.46. The molecule has 1 atom stereocenters. The number of hydrogen-bond donors (Lipinski definition) is 2. The van der Waals surface area contributed by atoms with Crippen LogP contribution < -0.4 is 9.44 Å². The van der Waals surface area contributed by atoms with Gasteiger partial charge in [-0.25, -0.2) is 14.3 Å². The van der Waals surface area contributed by atoms with Gasteiger partial charge in [-0.3, -0.25) is 4.79 Å². The second-order valence-electron chi connectivity index (χ2n) is 10.7. The molecule has 0 fully saturated rings. The predicted molar refractivity (Wildman–Crippen MR) is 126 cm³/mol. The van der Waals surface area contributed by atoms with Crippen LogP contribution in [0.5, 0.6) is 0 Å². The first-order valence-electron chi connectivity index (χ1n) is 10.7. The zero-order valence-corrected chi connectivity index (χ0v) is 22.1. The summed E-state index contributed by atoms with van der Waals surface area (Å²) in [6.07, 6.45) is -1.29. The minimum Gasteiger partial charge on any atom is -0.459 e. The van der Waals surface area contributed by atoms with E-state index in [1.54, 1.807) is 79.2 Å². The molecule has 1 amide bonds. The van der Waals surface area contributed by atoms with E-state index in [0.29, 0.717) is 11.1 Å². The summed E-state index contributed by atoms with van der Waals surface area (Å²) in [5.74, 6) is -1.34. The van der Waals surface area contributed by atoms with Crippen LogP contribution in [0.15, 0.2) is 24.3 Å². The van der Waals surface area contributed by atoms with E-state index in [1.165, 1.54) is 12.1 Å². The summed E-state index contributed by atoms with van der Waals surface area (Å²) >= 11 is 0. The Bertz CT molecular complexity index is 982. The molecule has 0 spiro atoms. The molecule has 1 aromatic rings. The van der Waals surface area contributed by atoms with Crippen molar-refractivity contribution in [1.29, 1.82) is 0 Å². The Morgan fingerprint density at radius 3 is 1.71 bits per heavy atom. The Labute approximate surface area is 201 Å². The monoisotopic (exact) mass is 500 g/mol. The molecule has 0 aliphatic rings. The first kappa shape index (κ1) is 29.4. The Balaban J connectivity index is 3.06. The third-order valence-electron chi connectivity index (χ3n) is 3.63. The van der Waals surface area contributed by atoms with Crippen molar-refractivity contribution in [2.24, 2.45) is 0 Å². The molecule has 0 aromatic heterocycles. The fraction of sp³-hybridized carbons (Fsp3) is 0.609. The molecule has 0 saturated carbocycles. The van der Waals surface area contributed by atoms with Gasteiger partial charge in [0.15, 0.2) is 0 Å². The highest BCUT2D eigenvalue weighted by atomic mass is 32.2. The molecule has 11 heteroatoms. The highest BCUT2D eigenvalue weighted by Crippen LogP contribution is 2.16. The predicted octanol–water partition coefficient (Wildman–Crippen LogP) is 3.25. The lowest BCUT2D eigenvalue weighted by atomic mass is 10.0. The van der Waals surface area contributed by atoms with Crippen molar-refractivity contribution in [1.82, 2.24) is 9.44 Å². The molecule has 192 valence electrons. The molecule has 0 aliphatic carbocycles. The number of carbonyl (C=O) groups excluding carboxylic acids is 3. The number of hydrogen-bond acceptors (Lipinski definition) is 8. The summed E-state index contributed by atoms with van der Waals surface area (Å²) in [4.78, 5) is 36.8. The van der Waals surface area contributed by atoms with Crippen molar-refractivity contribution in [3.8, 4) is 0 Å². The van der Waals surface area contributed by atoms with Crippen LogP contribution >= 0.6 is 0 Å². The van der Waals surface area contributed by atoms with Gasteiger partial charge in [-0.2, -0.15) is 13.1 Å². The maximum Gasteiger partial charge on any atom is 0.422 e. The van der Waals surface area contributed by atoms with Gasteiger partial charge in [0, 0.05) is 0 Å². The lowest BCUT2D eigenvalue weighted by Crippen LogP contribution is -2.51. The van der Waals surface area contributed by atoms with E-state index in [4.69, 9.17) is 14.2 Å². The Morgan fingerprint density at radius 2 is 1.26 bits per heavy atom. The molecule has 0 saturated heterocycles. The molecular weight excluding hydrogens is 464 g/mol. The fourth-order valence-electron chi connectivity index (χ4n) is 2.52. The average molecular weight is 501 g/mol. The zero-order valence-electron chi connectivity index (χ0n) is 21.3. The molecule has 1 rings (SSSR count). The first-order chi connectivity index (χ1) is 15.2. The highest BCUT2D eigenvalue weighted by Gasteiger charge is 2.31. The second-order valence-corrected chi connectivity index (χ2v) is 12.2. The molecule has 0 unspecified atom stereocenters. The zero-order chi connectivity index (χ0) is 26.5. The lowest BCUT2D eigenvalue weighted by molar-refractivity contribution is -0.156. The van der Waals surface area contributed by atoms with Crippen LogP contribution in [0.1, 0.15) is 78.2 Å². The van der Waals surface area contributed by atoms with Crippen LogP contribution in [0.4, 0.5) is 4.79 Å². The van der Waals surface area contributed by atoms with Gasteiger partial charge in [0.2, 0.25) is 0 Å². The van der Waals surface area contributed by atoms with Gasteiger partial charge in [0.05, 0.1) is 5.56 Å². The number of esters is 2. The first-order valence-corrected chi connectivity index (χ1v) is 12.2. The summed E-state index contributed by atoms with van der Waals surface area (Å²) in [6.45, 7) is 14.9. The fourth-order valence-corrected chi connectivity index (χ4v) is 3.40. The van der Waals surface area contributed by atoms with Gasteiger partial charge >= 0.3 is 28.2 Å². The van der Waals surface area contributed by atoms with E-state index >= 15 is 0 Å². The topological polar surface area (TPSA) is 137 Å². The van der Waals surface area contributed by atoms with Crippen molar-refractivity contribution in [2.75, 3.05) is 0 Å². The van der Waals surface area contributed by atoms with Crippen molar-refractivity contribution in [2.45, 2.75) is 91.6 Å². The van der Waals surface area contributed by atoms with Gasteiger partial charge in [-0.1, -0.05) is 12.1 Å². The SMILES string of the molecule is CC(C)(C)OC(=O)NS(=O)(=O)N[C@@H](Cc1ccc(C(=O)OC(C)(C)C)cc1)C(=O)OC(C)(C)C. The molecule has 0 heterocycles. The van der Waals surface area contributed by atoms with E-state index < -0.39 is 51.1 Å². The maximum atomic E-state index is 12.7. The van der Waals surface area contributed by atoms with E-state index in [2.05, 4.69) is 4.72 Å². The Morgan fingerprint density at radius 1 is 0.794 bits per heavy atom. The molecule has 10 nitrogen and oxygen atoms in total. The van der Waals surface area contributed by atoms with Crippen LogP contribution in [0.25, 0.3) is 0 Å². The third-order valence-corrected chi connectivity index (χ3v) is 4.66. The van der Waals surface area contributed by atoms with Crippen LogP contribution in [-0.2, 0) is 35.6 Å². The number of rotatable bonds is 7. The van der Waals surface area contributed by atoms with Gasteiger partial charge in [0.1, 0.15) is 22.8 Å². The van der Waals surface area contributed by atoms with E-state index in [-0.39, 0.29) is 6.42 Å². The van der Waals surface area contributed by atoms with Gasteiger partial charge < -0.3 is 14.2 Å². The van der Waals surface area contributed by atoms with E-state index in [0.717, 1.165) is 0 Å². The lowest BCUT2D eigenvalue weighted by Gasteiger charge is -2.25. The number of amides is 1. The highest BCUT2D eigenvalue weighted by molar-refractivity contribution is 7.88. The number of ether oxygens (including phenoxy) is 3. The summed E-state index contributed by atoms with van der Waals surface area (Å²) in [6, 6.07) is 4.83. The summed E-state index contributed by atoms with van der Waals surface area (Å²) in [5.41, 5.74) is -1.60.